The molecular weight excluding hydrogens is 280 g/mol. The molecule has 0 radical (unpaired) electrons. The molecule has 2 saturated heterocycles. The van der Waals surface area contributed by atoms with Crippen molar-refractivity contribution in [3.63, 3.8) is 0 Å². The molecule has 1 N–H and O–H groups in total. The lowest BCUT2D eigenvalue weighted by Crippen LogP contribution is -2.63. The number of rotatable bonds is 2. The Morgan fingerprint density at radius 2 is 2.06 bits per heavy atom. The smallest absolute Gasteiger partial charge is 0.0592 e. The average Bonchev–Trinajstić information content (AvgIpc) is 2.31. The van der Waals surface area contributed by atoms with Gasteiger partial charge in [-0.05, 0) is 22.0 Å². The van der Waals surface area contributed by atoms with Gasteiger partial charge in [0.05, 0.1) is 10.2 Å². The Morgan fingerprint density at radius 1 is 1.29 bits per heavy atom. The average molecular weight is 297 g/mol. The fourth-order valence-corrected chi connectivity index (χ4v) is 3.06. The van der Waals surface area contributed by atoms with Crippen LogP contribution in [0.5, 0.6) is 0 Å². The molecule has 0 unspecified atom stereocenters. The zero-order valence-electron chi connectivity index (χ0n) is 9.77. The summed E-state index contributed by atoms with van der Waals surface area (Å²) in [5.74, 6) is 0. The summed E-state index contributed by atoms with van der Waals surface area (Å²) in [7, 11) is 0. The first kappa shape index (κ1) is 11.4. The second-order valence-electron chi connectivity index (χ2n) is 4.67. The fourth-order valence-electron chi connectivity index (χ4n) is 2.55. The van der Waals surface area contributed by atoms with Crippen molar-refractivity contribution >= 4 is 21.6 Å². The zero-order valence-corrected chi connectivity index (χ0v) is 11.4. The van der Waals surface area contributed by atoms with Crippen LogP contribution in [0, 0.1) is 0 Å². The fraction of sp³-hybridized carbons (Fsp3) is 0.583. The molecule has 0 saturated carbocycles. The van der Waals surface area contributed by atoms with Crippen molar-refractivity contribution < 1.29 is 0 Å². The Labute approximate surface area is 110 Å². The highest BCUT2D eigenvalue weighted by Gasteiger charge is 2.32. The van der Waals surface area contributed by atoms with Gasteiger partial charge < -0.3 is 10.2 Å². The molecule has 3 heterocycles. The molecule has 0 aliphatic carbocycles. The van der Waals surface area contributed by atoms with Gasteiger partial charge >= 0.3 is 0 Å². The van der Waals surface area contributed by atoms with Gasteiger partial charge in [0.25, 0.3) is 0 Å². The molecule has 0 spiro atoms. The lowest BCUT2D eigenvalue weighted by Gasteiger charge is -2.48. The molecule has 5 heteroatoms. The quantitative estimate of drug-likeness (QED) is 0.880. The molecule has 0 bridgehead atoms. The molecular formula is C12H17BrN4. The number of hydrogen-bond donors (Lipinski definition) is 1. The van der Waals surface area contributed by atoms with Gasteiger partial charge in [-0.2, -0.15) is 0 Å². The van der Waals surface area contributed by atoms with Gasteiger partial charge in [0.15, 0.2) is 0 Å². The van der Waals surface area contributed by atoms with Crippen molar-refractivity contribution in [1.29, 1.82) is 0 Å². The summed E-state index contributed by atoms with van der Waals surface area (Å²) < 4.78 is 1.10. The predicted octanol–water partition coefficient (Wildman–Crippen LogP) is 0.938. The van der Waals surface area contributed by atoms with E-state index in [-0.39, 0.29) is 0 Å². The van der Waals surface area contributed by atoms with Crippen LogP contribution in [-0.2, 0) is 0 Å². The Hall–Kier alpha value is -0.650. The summed E-state index contributed by atoms with van der Waals surface area (Å²) in [6, 6.07) is 2.81. The van der Waals surface area contributed by atoms with Gasteiger partial charge in [-0.3, -0.25) is 9.88 Å². The summed E-state index contributed by atoms with van der Waals surface area (Å²) in [4.78, 5) is 9.12. The molecule has 0 atom stereocenters. The van der Waals surface area contributed by atoms with Crippen molar-refractivity contribution in [2.75, 3.05) is 44.2 Å². The molecule has 3 rings (SSSR count). The maximum atomic E-state index is 4.10. The third kappa shape index (κ3) is 2.32. The second-order valence-corrected chi connectivity index (χ2v) is 5.53. The topological polar surface area (TPSA) is 31.4 Å². The molecule has 17 heavy (non-hydrogen) atoms. The van der Waals surface area contributed by atoms with Crippen LogP contribution in [-0.4, -0.2) is 55.2 Å². The Bertz CT molecular complexity index is 386. The van der Waals surface area contributed by atoms with Gasteiger partial charge in [0, 0.05) is 57.7 Å². The van der Waals surface area contributed by atoms with E-state index in [0.29, 0.717) is 0 Å². The normalized spacial score (nSPS) is 22.5. The minimum Gasteiger partial charge on any atom is -0.367 e. The Kier molecular flexibility index (Phi) is 3.31. The molecule has 0 aromatic carbocycles. The van der Waals surface area contributed by atoms with Crippen molar-refractivity contribution in [3.05, 3.63) is 22.9 Å². The zero-order chi connectivity index (χ0) is 11.7. The molecule has 2 aliphatic rings. The third-order valence-electron chi connectivity index (χ3n) is 3.62. The van der Waals surface area contributed by atoms with Crippen LogP contribution >= 0.6 is 15.9 Å². The number of pyridine rings is 1. The number of halogens is 1. The molecule has 1 aromatic heterocycles. The van der Waals surface area contributed by atoms with Gasteiger partial charge in [-0.15, -0.1) is 0 Å². The number of aromatic nitrogens is 1. The van der Waals surface area contributed by atoms with Crippen LogP contribution in [0.15, 0.2) is 22.9 Å². The van der Waals surface area contributed by atoms with E-state index >= 15 is 0 Å². The van der Waals surface area contributed by atoms with Crippen LogP contribution in [0.2, 0.25) is 0 Å². The number of piperazine rings is 1. The van der Waals surface area contributed by atoms with E-state index in [1.807, 2.05) is 12.4 Å². The van der Waals surface area contributed by atoms with Gasteiger partial charge in [-0.25, -0.2) is 0 Å². The van der Waals surface area contributed by atoms with Crippen LogP contribution in [0.25, 0.3) is 0 Å². The standard InChI is InChI=1S/C12H17BrN4/c13-11-7-15-2-1-12(11)17-8-10(9-17)16-5-3-14-4-6-16/h1-2,7,10,14H,3-6,8-9H2. The van der Waals surface area contributed by atoms with E-state index in [0.717, 1.165) is 36.7 Å². The highest BCUT2D eigenvalue weighted by molar-refractivity contribution is 9.10. The lowest BCUT2D eigenvalue weighted by atomic mass is 10.1. The second kappa shape index (κ2) is 4.92. The van der Waals surface area contributed by atoms with Crippen LogP contribution in [0.3, 0.4) is 0 Å². The van der Waals surface area contributed by atoms with Gasteiger partial charge in [-0.1, -0.05) is 0 Å². The first-order chi connectivity index (χ1) is 8.34. The SMILES string of the molecule is Brc1cnccc1N1CC(N2CCNCC2)C1. The molecule has 1 aromatic rings. The van der Waals surface area contributed by atoms with Crippen molar-refractivity contribution in [3.8, 4) is 0 Å². The minimum absolute atomic E-state index is 0.733. The number of anilines is 1. The largest absolute Gasteiger partial charge is 0.367 e. The van der Waals surface area contributed by atoms with E-state index in [2.05, 4.69) is 42.1 Å². The number of hydrogen-bond acceptors (Lipinski definition) is 4. The molecule has 2 fully saturated rings. The first-order valence-corrected chi connectivity index (χ1v) is 6.93. The Balaban J connectivity index is 1.59. The maximum absolute atomic E-state index is 4.10. The molecule has 0 amide bonds. The summed E-state index contributed by atoms with van der Waals surface area (Å²) in [6.07, 6.45) is 3.73. The lowest BCUT2D eigenvalue weighted by molar-refractivity contribution is 0.147. The number of nitrogens with one attached hydrogen (secondary N) is 1. The van der Waals surface area contributed by atoms with E-state index in [1.54, 1.807) is 0 Å². The van der Waals surface area contributed by atoms with Crippen molar-refractivity contribution in [1.82, 2.24) is 15.2 Å². The van der Waals surface area contributed by atoms with E-state index < -0.39 is 0 Å². The maximum Gasteiger partial charge on any atom is 0.0592 e. The van der Waals surface area contributed by atoms with Gasteiger partial charge in [0.2, 0.25) is 0 Å². The van der Waals surface area contributed by atoms with Gasteiger partial charge in [0.1, 0.15) is 0 Å². The highest BCUT2D eigenvalue weighted by Crippen LogP contribution is 2.29. The summed E-state index contributed by atoms with van der Waals surface area (Å²) >= 11 is 3.56. The molecule has 4 nitrogen and oxygen atoms in total. The van der Waals surface area contributed by atoms with E-state index in [1.165, 1.54) is 18.8 Å². The minimum atomic E-state index is 0.733. The first-order valence-electron chi connectivity index (χ1n) is 6.14. The highest BCUT2D eigenvalue weighted by atomic mass is 79.9. The summed E-state index contributed by atoms with van der Waals surface area (Å²) in [5.41, 5.74) is 1.27. The predicted molar refractivity (Wildman–Crippen MR) is 72.4 cm³/mol. The summed E-state index contributed by atoms with van der Waals surface area (Å²) in [5, 5.41) is 3.40. The number of nitrogens with zero attached hydrogens (tertiary/aromatic N) is 3. The monoisotopic (exact) mass is 296 g/mol. The van der Waals surface area contributed by atoms with Crippen LogP contribution in [0.1, 0.15) is 0 Å². The molecule has 2 aliphatic heterocycles. The van der Waals surface area contributed by atoms with Crippen LogP contribution in [0.4, 0.5) is 5.69 Å². The van der Waals surface area contributed by atoms with E-state index in [9.17, 15) is 0 Å². The molecule has 92 valence electrons. The van der Waals surface area contributed by atoms with Crippen LogP contribution < -0.4 is 10.2 Å². The van der Waals surface area contributed by atoms with E-state index in [4.69, 9.17) is 0 Å². The Morgan fingerprint density at radius 3 is 2.76 bits per heavy atom. The van der Waals surface area contributed by atoms with Crippen molar-refractivity contribution in [2.45, 2.75) is 6.04 Å². The van der Waals surface area contributed by atoms with Crippen molar-refractivity contribution in [2.24, 2.45) is 0 Å². The summed E-state index contributed by atoms with van der Waals surface area (Å²) in [6.45, 7) is 6.93. The third-order valence-corrected chi connectivity index (χ3v) is 4.23.